The van der Waals surface area contributed by atoms with E-state index in [4.69, 9.17) is 11.6 Å². The first-order valence-electron chi connectivity index (χ1n) is 6.26. The number of nitrogens with zero attached hydrogens (tertiary/aromatic N) is 1. The number of hydrogen-bond donors (Lipinski definition) is 1. The van der Waals surface area contributed by atoms with Crippen LogP contribution in [0.1, 0.15) is 18.9 Å². The van der Waals surface area contributed by atoms with Gasteiger partial charge in [0.25, 0.3) is 0 Å². The standard InChI is InChI=1S/C13H19ClN2O3S/c1-4-7-15-13(17)9-16(20(3,18)19)12-8-11(14)6-5-10(12)2/h5-6,8H,4,7,9H2,1-3H3,(H,15,17). The number of aryl methyl sites for hydroxylation is 1. The Balaban J connectivity index is 3.08. The SMILES string of the molecule is CCCNC(=O)CN(c1cc(Cl)ccc1C)S(C)(=O)=O. The lowest BCUT2D eigenvalue weighted by Gasteiger charge is -2.23. The molecule has 1 aromatic rings. The number of benzene rings is 1. The van der Waals surface area contributed by atoms with Gasteiger partial charge in [-0.2, -0.15) is 0 Å². The number of carbonyl (C=O) groups is 1. The molecule has 7 heteroatoms. The van der Waals surface area contributed by atoms with Crippen molar-refractivity contribution in [3.63, 3.8) is 0 Å². The molecule has 0 heterocycles. The van der Waals surface area contributed by atoms with Crippen molar-refractivity contribution >= 4 is 33.2 Å². The Labute approximate surface area is 125 Å². The van der Waals surface area contributed by atoms with Gasteiger partial charge in [-0.25, -0.2) is 8.42 Å². The topological polar surface area (TPSA) is 66.5 Å². The van der Waals surface area contributed by atoms with Gasteiger partial charge in [0.05, 0.1) is 11.9 Å². The lowest BCUT2D eigenvalue weighted by molar-refractivity contribution is -0.119. The van der Waals surface area contributed by atoms with Crippen LogP contribution < -0.4 is 9.62 Å². The molecule has 0 atom stereocenters. The molecule has 0 bridgehead atoms. The number of anilines is 1. The first kappa shape index (κ1) is 16.8. The monoisotopic (exact) mass is 318 g/mol. The van der Waals surface area contributed by atoms with Crippen LogP contribution in [0, 0.1) is 6.92 Å². The Hall–Kier alpha value is -1.27. The van der Waals surface area contributed by atoms with Crippen LogP contribution in [0.25, 0.3) is 0 Å². The molecule has 1 N–H and O–H groups in total. The number of sulfonamides is 1. The average Bonchev–Trinajstić information content (AvgIpc) is 2.35. The van der Waals surface area contributed by atoms with Crippen molar-refractivity contribution in [1.82, 2.24) is 5.32 Å². The molecule has 112 valence electrons. The van der Waals surface area contributed by atoms with E-state index in [1.807, 2.05) is 6.92 Å². The lowest BCUT2D eigenvalue weighted by atomic mass is 10.2. The Kier molecular flexibility index (Phi) is 5.83. The zero-order chi connectivity index (χ0) is 15.3. The lowest BCUT2D eigenvalue weighted by Crippen LogP contribution is -2.40. The molecular formula is C13H19ClN2O3S. The Morgan fingerprint density at radius 3 is 2.60 bits per heavy atom. The summed E-state index contributed by atoms with van der Waals surface area (Å²) in [7, 11) is -3.56. The molecular weight excluding hydrogens is 300 g/mol. The van der Waals surface area contributed by atoms with Crippen LogP contribution in [0.2, 0.25) is 5.02 Å². The van der Waals surface area contributed by atoms with E-state index in [0.717, 1.165) is 22.5 Å². The third kappa shape index (κ3) is 4.68. The van der Waals surface area contributed by atoms with Crippen LogP contribution in [-0.2, 0) is 14.8 Å². The van der Waals surface area contributed by atoms with Gasteiger partial charge in [-0.3, -0.25) is 9.10 Å². The normalized spacial score (nSPS) is 11.2. The molecule has 1 amide bonds. The molecule has 1 aromatic carbocycles. The molecule has 1 rings (SSSR count). The summed E-state index contributed by atoms with van der Waals surface area (Å²) in [6.07, 6.45) is 1.86. The van der Waals surface area contributed by atoms with Gasteiger partial charge in [0, 0.05) is 11.6 Å². The van der Waals surface area contributed by atoms with Gasteiger partial charge in [-0.1, -0.05) is 24.6 Å². The van der Waals surface area contributed by atoms with Crippen molar-refractivity contribution in [3.8, 4) is 0 Å². The molecule has 0 saturated heterocycles. The van der Waals surface area contributed by atoms with Gasteiger partial charge in [-0.15, -0.1) is 0 Å². The van der Waals surface area contributed by atoms with E-state index in [-0.39, 0.29) is 12.5 Å². The van der Waals surface area contributed by atoms with Gasteiger partial charge >= 0.3 is 0 Å². The molecule has 0 spiro atoms. The second-order valence-electron chi connectivity index (χ2n) is 4.55. The summed E-state index contributed by atoms with van der Waals surface area (Å²) in [5.41, 5.74) is 1.16. The van der Waals surface area contributed by atoms with Crippen molar-refractivity contribution in [3.05, 3.63) is 28.8 Å². The fourth-order valence-electron chi connectivity index (χ4n) is 1.68. The summed E-state index contributed by atoms with van der Waals surface area (Å²) >= 11 is 5.91. The molecule has 5 nitrogen and oxygen atoms in total. The van der Waals surface area contributed by atoms with E-state index in [9.17, 15) is 13.2 Å². The maximum atomic E-state index is 11.9. The van der Waals surface area contributed by atoms with Crippen LogP contribution in [0.4, 0.5) is 5.69 Å². The third-order valence-corrected chi connectivity index (χ3v) is 4.06. The van der Waals surface area contributed by atoms with E-state index < -0.39 is 10.0 Å². The van der Waals surface area contributed by atoms with Crippen molar-refractivity contribution in [2.75, 3.05) is 23.7 Å². The van der Waals surface area contributed by atoms with E-state index >= 15 is 0 Å². The molecule has 20 heavy (non-hydrogen) atoms. The van der Waals surface area contributed by atoms with Gasteiger partial charge in [-0.05, 0) is 31.0 Å². The van der Waals surface area contributed by atoms with Crippen molar-refractivity contribution < 1.29 is 13.2 Å². The van der Waals surface area contributed by atoms with E-state index in [1.165, 1.54) is 0 Å². The van der Waals surface area contributed by atoms with Crippen LogP contribution in [0.15, 0.2) is 18.2 Å². The van der Waals surface area contributed by atoms with Gasteiger partial charge in [0.15, 0.2) is 0 Å². The maximum Gasteiger partial charge on any atom is 0.240 e. The summed E-state index contributed by atoms with van der Waals surface area (Å²) in [5.74, 6) is -0.336. The highest BCUT2D eigenvalue weighted by atomic mass is 35.5. The highest BCUT2D eigenvalue weighted by molar-refractivity contribution is 7.92. The van der Waals surface area contributed by atoms with E-state index in [1.54, 1.807) is 25.1 Å². The van der Waals surface area contributed by atoms with Gasteiger partial charge in [0.2, 0.25) is 15.9 Å². The molecule has 0 fully saturated rings. The smallest absolute Gasteiger partial charge is 0.240 e. The van der Waals surface area contributed by atoms with Crippen LogP contribution in [-0.4, -0.2) is 33.7 Å². The first-order valence-corrected chi connectivity index (χ1v) is 8.49. The van der Waals surface area contributed by atoms with Gasteiger partial charge < -0.3 is 5.32 Å². The van der Waals surface area contributed by atoms with E-state index in [0.29, 0.717) is 17.3 Å². The second-order valence-corrected chi connectivity index (χ2v) is 6.89. The van der Waals surface area contributed by atoms with Crippen molar-refractivity contribution in [2.24, 2.45) is 0 Å². The van der Waals surface area contributed by atoms with Crippen molar-refractivity contribution in [2.45, 2.75) is 20.3 Å². The fourth-order valence-corrected chi connectivity index (χ4v) is 2.76. The summed E-state index contributed by atoms with van der Waals surface area (Å²) in [4.78, 5) is 11.8. The number of amides is 1. The molecule has 0 radical (unpaired) electrons. The number of halogens is 1. The second kappa shape index (κ2) is 6.95. The van der Waals surface area contributed by atoms with Crippen LogP contribution in [0.5, 0.6) is 0 Å². The summed E-state index contributed by atoms with van der Waals surface area (Å²) in [5, 5.41) is 3.08. The summed E-state index contributed by atoms with van der Waals surface area (Å²) in [6.45, 7) is 3.97. The summed E-state index contributed by atoms with van der Waals surface area (Å²) < 4.78 is 24.9. The van der Waals surface area contributed by atoms with E-state index in [2.05, 4.69) is 5.32 Å². The minimum absolute atomic E-state index is 0.250. The Bertz CT molecular complexity index is 587. The number of hydrogen-bond acceptors (Lipinski definition) is 3. The third-order valence-electron chi connectivity index (χ3n) is 2.70. The summed E-state index contributed by atoms with van der Waals surface area (Å²) in [6, 6.07) is 4.95. The zero-order valence-corrected chi connectivity index (χ0v) is 13.4. The Morgan fingerprint density at radius 1 is 1.40 bits per heavy atom. The Morgan fingerprint density at radius 2 is 2.05 bits per heavy atom. The molecule has 0 saturated carbocycles. The highest BCUT2D eigenvalue weighted by Crippen LogP contribution is 2.26. The first-order chi connectivity index (χ1) is 9.25. The molecule has 0 unspecified atom stereocenters. The molecule has 0 aromatic heterocycles. The van der Waals surface area contributed by atoms with Crippen LogP contribution in [0.3, 0.4) is 0 Å². The van der Waals surface area contributed by atoms with Gasteiger partial charge in [0.1, 0.15) is 6.54 Å². The number of rotatable bonds is 6. The minimum atomic E-state index is -3.56. The number of carbonyl (C=O) groups excluding carboxylic acids is 1. The minimum Gasteiger partial charge on any atom is -0.355 e. The molecule has 0 aliphatic rings. The molecule has 0 aliphatic heterocycles. The highest BCUT2D eigenvalue weighted by Gasteiger charge is 2.22. The predicted molar refractivity (Wildman–Crippen MR) is 81.7 cm³/mol. The van der Waals surface area contributed by atoms with Crippen molar-refractivity contribution in [1.29, 1.82) is 0 Å². The predicted octanol–water partition coefficient (Wildman–Crippen LogP) is 1.94. The average molecular weight is 319 g/mol. The largest absolute Gasteiger partial charge is 0.355 e. The maximum absolute atomic E-state index is 11.9. The van der Waals surface area contributed by atoms with Crippen LogP contribution >= 0.6 is 11.6 Å². The quantitative estimate of drug-likeness (QED) is 0.871. The fraction of sp³-hybridized carbons (Fsp3) is 0.462. The molecule has 0 aliphatic carbocycles. The number of nitrogens with one attached hydrogen (secondary N) is 1. The zero-order valence-electron chi connectivity index (χ0n) is 11.8.